The monoisotopic (exact) mass is 300 g/mol. The number of carbonyl (C=O) groups excluding carboxylic acids is 1. The number of likely N-dealkylation sites (N-methyl/N-ethyl adjacent to an activating group) is 1. The van der Waals surface area contributed by atoms with Gasteiger partial charge in [0.25, 0.3) is 5.91 Å². The average Bonchev–Trinajstić information content (AvgIpc) is 2.43. The Hall–Kier alpha value is -1.30. The van der Waals surface area contributed by atoms with Crippen LogP contribution >= 0.6 is 11.6 Å². The molecule has 0 aromatic heterocycles. The Bertz CT molecular complexity index is 440. The van der Waals surface area contributed by atoms with E-state index in [1.54, 1.807) is 18.2 Å². The number of ether oxygens (including phenoxy) is 1. The highest BCUT2D eigenvalue weighted by Crippen LogP contribution is 2.25. The molecule has 0 spiro atoms. The van der Waals surface area contributed by atoms with Crippen LogP contribution in [0.5, 0.6) is 5.75 Å². The first-order chi connectivity index (χ1) is 9.58. The first-order valence-electron chi connectivity index (χ1n) is 6.67. The van der Waals surface area contributed by atoms with Crippen LogP contribution in [0.25, 0.3) is 0 Å². The SMILES string of the molecule is CCNCC(O)COc1ccc(C(=O)NCC)cc1Cl. The summed E-state index contributed by atoms with van der Waals surface area (Å²) in [6.07, 6.45) is -0.603. The zero-order chi connectivity index (χ0) is 15.0. The molecule has 5 nitrogen and oxygen atoms in total. The second-order valence-corrected chi connectivity index (χ2v) is 4.68. The second kappa shape index (κ2) is 8.79. The summed E-state index contributed by atoms with van der Waals surface area (Å²) >= 11 is 6.06. The highest BCUT2D eigenvalue weighted by atomic mass is 35.5. The van der Waals surface area contributed by atoms with Gasteiger partial charge in [-0.25, -0.2) is 0 Å². The first-order valence-corrected chi connectivity index (χ1v) is 7.05. The molecule has 0 heterocycles. The molecule has 3 N–H and O–H groups in total. The molecule has 1 aromatic rings. The largest absolute Gasteiger partial charge is 0.489 e. The van der Waals surface area contributed by atoms with Crippen LogP contribution in [0.1, 0.15) is 24.2 Å². The van der Waals surface area contributed by atoms with Crippen molar-refractivity contribution < 1.29 is 14.6 Å². The summed E-state index contributed by atoms with van der Waals surface area (Å²) in [6.45, 7) is 5.77. The molecule has 20 heavy (non-hydrogen) atoms. The van der Waals surface area contributed by atoms with Gasteiger partial charge in [0.05, 0.1) is 5.02 Å². The number of aliphatic hydroxyl groups excluding tert-OH is 1. The van der Waals surface area contributed by atoms with Gasteiger partial charge in [-0.05, 0) is 31.7 Å². The number of carbonyl (C=O) groups is 1. The standard InChI is InChI=1S/C14H21ClN2O3/c1-3-16-8-11(18)9-20-13-6-5-10(7-12(13)15)14(19)17-4-2/h5-7,11,16,18H,3-4,8-9H2,1-2H3,(H,17,19). The fraction of sp³-hybridized carbons (Fsp3) is 0.500. The van der Waals surface area contributed by atoms with Crippen molar-refractivity contribution >= 4 is 17.5 Å². The number of hydrogen-bond donors (Lipinski definition) is 3. The number of benzene rings is 1. The molecule has 1 rings (SSSR count). The van der Waals surface area contributed by atoms with E-state index in [1.807, 2.05) is 13.8 Å². The molecule has 0 fully saturated rings. The summed E-state index contributed by atoms with van der Waals surface area (Å²) in [4.78, 5) is 11.6. The second-order valence-electron chi connectivity index (χ2n) is 4.28. The molecular weight excluding hydrogens is 280 g/mol. The minimum atomic E-state index is -0.603. The fourth-order valence-corrected chi connectivity index (χ4v) is 1.81. The van der Waals surface area contributed by atoms with Crippen molar-refractivity contribution in [3.05, 3.63) is 28.8 Å². The van der Waals surface area contributed by atoms with E-state index >= 15 is 0 Å². The topological polar surface area (TPSA) is 70.6 Å². The average molecular weight is 301 g/mol. The van der Waals surface area contributed by atoms with Gasteiger partial charge in [0.1, 0.15) is 18.5 Å². The molecule has 1 atom stereocenters. The van der Waals surface area contributed by atoms with E-state index in [-0.39, 0.29) is 12.5 Å². The molecule has 0 aliphatic heterocycles. The Morgan fingerprint density at radius 2 is 2.15 bits per heavy atom. The predicted molar refractivity (Wildman–Crippen MR) is 79.5 cm³/mol. The van der Waals surface area contributed by atoms with Crippen molar-refractivity contribution in [2.24, 2.45) is 0 Å². The molecule has 0 saturated carbocycles. The van der Waals surface area contributed by atoms with Gasteiger partial charge in [-0.15, -0.1) is 0 Å². The predicted octanol–water partition coefficient (Wildman–Crippen LogP) is 1.44. The fourth-order valence-electron chi connectivity index (χ4n) is 1.58. The van der Waals surface area contributed by atoms with Crippen molar-refractivity contribution in [2.45, 2.75) is 20.0 Å². The minimum Gasteiger partial charge on any atom is -0.489 e. The lowest BCUT2D eigenvalue weighted by Gasteiger charge is -2.14. The van der Waals surface area contributed by atoms with E-state index in [4.69, 9.17) is 16.3 Å². The minimum absolute atomic E-state index is 0.146. The van der Waals surface area contributed by atoms with Crippen LogP contribution in [0.2, 0.25) is 5.02 Å². The highest BCUT2D eigenvalue weighted by molar-refractivity contribution is 6.32. The van der Waals surface area contributed by atoms with Crippen molar-refractivity contribution in [3.63, 3.8) is 0 Å². The molecule has 0 aliphatic rings. The third kappa shape index (κ3) is 5.36. The summed E-state index contributed by atoms with van der Waals surface area (Å²) in [5.41, 5.74) is 0.484. The summed E-state index contributed by atoms with van der Waals surface area (Å²) in [5, 5.41) is 15.7. The van der Waals surface area contributed by atoms with Gasteiger partial charge in [-0.3, -0.25) is 4.79 Å². The molecule has 0 bridgehead atoms. The number of amides is 1. The van der Waals surface area contributed by atoms with Crippen molar-refractivity contribution in [1.82, 2.24) is 10.6 Å². The highest BCUT2D eigenvalue weighted by Gasteiger charge is 2.10. The van der Waals surface area contributed by atoms with Crippen LogP contribution in [0.4, 0.5) is 0 Å². The van der Waals surface area contributed by atoms with Gasteiger partial charge in [-0.1, -0.05) is 18.5 Å². The molecule has 6 heteroatoms. The Morgan fingerprint density at radius 3 is 2.75 bits per heavy atom. The molecule has 1 unspecified atom stereocenters. The molecule has 112 valence electrons. The van der Waals surface area contributed by atoms with Crippen LogP contribution in [0.3, 0.4) is 0 Å². The quantitative estimate of drug-likeness (QED) is 0.679. The molecule has 0 radical (unpaired) electrons. The van der Waals surface area contributed by atoms with Crippen molar-refractivity contribution in [1.29, 1.82) is 0 Å². The first kappa shape index (κ1) is 16.8. The molecule has 1 aromatic carbocycles. The third-order valence-electron chi connectivity index (χ3n) is 2.59. The van der Waals surface area contributed by atoms with Gasteiger partial charge < -0.3 is 20.5 Å². The lowest BCUT2D eigenvalue weighted by molar-refractivity contribution is 0.0955. The van der Waals surface area contributed by atoms with Crippen LogP contribution in [-0.4, -0.2) is 43.4 Å². The van der Waals surface area contributed by atoms with Crippen LogP contribution < -0.4 is 15.4 Å². The zero-order valence-corrected chi connectivity index (χ0v) is 12.5. The van der Waals surface area contributed by atoms with Gasteiger partial charge in [0.2, 0.25) is 0 Å². The van der Waals surface area contributed by atoms with Gasteiger partial charge in [-0.2, -0.15) is 0 Å². The number of nitrogens with one attached hydrogen (secondary N) is 2. The van der Waals surface area contributed by atoms with E-state index in [0.717, 1.165) is 6.54 Å². The van der Waals surface area contributed by atoms with E-state index < -0.39 is 6.10 Å². The van der Waals surface area contributed by atoms with E-state index in [9.17, 15) is 9.90 Å². The summed E-state index contributed by atoms with van der Waals surface area (Å²) < 4.78 is 5.44. The number of aliphatic hydroxyl groups is 1. The normalized spacial score (nSPS) is 12.0. The summed E-state index contributed by atoms with van der Waals surface area (Å²) in [5.74, 6) is 0.281. The van der Waals surface area contributed by atoms with Gasteiger partial charge in [0.15, 0.2) is 0 Å². The maximum absolute atomic E-state index is 11.6. The molecule has 1 amide bonds. The molecule has 0 saturated heterocycles. The number of rotatable bonds is 8. The molecular formula is C14H21ClN2O3. The number of halogens is 1. The Morgan fingerprint density at radius 1 is 1.40 bits per heavy atom. The molecule has 0 aliphatic carbocycles. The Labute approximate surface area is 124 Å². The van der Waals surface area contributed by atoms with E-state index in [1.165, 1.54) is 0 Å². The number of hydrogen-bond acceptors (Lipinski definition) is 4. The van der Waals surface area contributed by atoms with Gasteiger partial charge >= 0.3 is 0 Å². The Kier molecular flexibility index (Phi) is 7.36. The van der Waals surface area contributed by atoms with Crippen molar-refractivity contribution in [3.8, 4) is 5.75 Å². The van der Waals surface area contributed by atoms with E-state index in [2.05, 4.69) is 10.6 Å². The van der Waals surface area contributed by atoms with Crippen LogP contribution in [0.15, 0.2) is 18.2 Å². The maximum Gasteiger partial charge on any atom is 0.251 e. The van der Waals surface area contributed by atoms with Crippen LogP contribution in [0, 0.1) is 0 Å². The smallest absolute Gasteiger partial charge is 0.251 e. The lowest BCUT2D eigenvalue weighted by Crippen LogP contribution is -2.31. The zero-order valence-electron chi connectivity index (χ0n) is 11.8. The van der Waals surface area contributed by atoms with E-state index in [0.29, 0.717) is 29.4 Å². The summed E-state index contributed by atoms with van der Waals surface area (Å²) in [7, 11) is 0. The lowest BCUT2D eigenvalue weighted by atomic mass is 10.2. The van der Waals surface area contributed by atoms with Gasteiger partial charge in [0, 0.05) is 18.7 Å². The van der Waals surface area contributed by atoms with Crippen molar-refractivity contribution in [2.75, 3.05) is 26.2 Å². The Balaban J connectivity index is 2.57. The summed E-state index contributed by atoms with van der Waals surface area (Å²) in [6, 6.07) is 4.83. The maximum atomic E-state index is 11.6. The third-order valence-corrected chi connectivity index (χ3v) is 2.89. The van der Waals surface area contributed by atoms with Crippen LogP contribution in [-0.2, 0) is 0 Å².